The Morgan fingerprint density at radius 2 is 2.00 bits per heavy atom. The standard InChI is InChI=1S/C14H24N2O.ClH/c1-8(15)5-14(17)16-13-7-9-6-12(13)11-4-2-3-10(9)11;/h8-13H,2-7,15H2,1H3,(H,16,17);1H. The fourth-order valence-electron chi connectivity index (χ4n) is 4.79. The van der Waals surface area contributed by atoms with Gasteiger partial charge < -0.3 is 11.1 Å². The van der Waals surface area contributed by atoms with Gasteiger partial charge in [-0.15, -0.1) is 12.4 Å². The molecule has 6 unspecified atom stereocenters. The van der Waals surface area contributed by atoms with Crippen LogP contribution in [0.25, 0.3) is 0 Å². The van der Waals surface area contributed by atoms with Crippen LogP contribution in [0.2, 0.25) is 0 Å². The zero-order valence-electron chi connectivity index (χ0n) is 11.1. The maximum atomic E-state index is 11.8. The van der Waals surface area contributed by atoms with Gasteiger partial charge in [-0.05, 0) is 56.3 Å². The maximum Gasteiger partial charge on any atom is 0.221 e. The largest absolute Gasteiger partial charge is 0.353 e. The molecule has 0 heterocycles. The summed E-state index contributed by atoms with van der Waals surface area (Å²) >= 11 is 0. The monoisotopic (exact) mass is 272 g/mol. The van der Waals surface area contributed by atoms with Gasteiger partial charge in [0.2, 0.25) is 5.91 Å². The van der Waals surface area contributed by atoms with Crippen LogP contribution in [0.1, 0.15) is 45.4 Å². The van der Waals surface area contributed by atoms with Crippen molar-refractivity contribution in [3.63, 3.8) is 0 Å². The molecule has 3 rings (SSSR count). The average molecular weight is 273 g/mol. The fraction of sp³-hybridized carbons (Fsp3) is 0.929. The molecule has 3 saturated carbocycles. The smallest absolute Gasteiger partial charge is 0.221 e. The van der Waals surface area contributed by atoms with E-state index in [1.807, 2.05) is 6.92 Å². The number of hydrogen-bond donors (Lipinski definition) is 2. The van der Waals surface area contributed by atoms with Crippen molar-refractivity contribution in [1.82, 2.24) is 5.32 Å². The molecule has 3 nitrogen and oxygen atoms in total. The van der Waals surface area contributed by atoms with Crippen molar-refractivity contribution in [3.8, 4) is 0 Å². The number of amides is 1. The lowest BCUT2D eigenvalue weighted by Crippen LogP contribution is -2.43. The molecule has 0 aliphatic heterocycles. The van der Waals surface area contributed by atoms with Crippen molar-refractivity contribution in [2.45, 2.75) is 57.5 Å². The summed E-state index contributed by atoms with van der Waals surface area (Å²) in [6.07, 6.45) is 7.36. The molecule has 3 aliphatic rings. The van der Waals surface area contributed by atoms with Crippen LogP contribution >= 0.6 is 12.4 Å². The second kappa shape index (κ2) is 5.38. The van der Waals surface area contributed by atoms with Gasteiger partial charge >= 0.3 is 0 Å². The van der Waals surface area contributed by atoms with E-state index in [2.05, 4.69) is 5.32 Å². The first kappa shape index (κ1) is 14.1. The fourth-order valence-corrected chi connectivity index (χ4v) is 4.79. The molecule has 0 aromatic rings. The molecule has 0 aromatic heterocycles. The Bertz CT molecular complexity index is 321. The van der Waals surface area contributed by atoms with E-state index in [1.165, 1.54) is 32.1 Å². The molecule has 18 heavy (non-hydrogen) atoms. The van der Waals surface area contributed by atoms with Crippen LogP contribution in [0.3, 0.4) is 0 Å². The van der Waals surface area contributed by atoms with E-state index in [0.29, 0.717) is 12.5 Å². The minimum absolute atomic E-state index is 0. The van der Waals surface area contributed by atoms with Gasteiger partial charge in [0.15, 0.2) is 0 Å². The van der Waals surface area contributed by atoms with Crippen LogP contribution in [-0.4, -0.2) is 18.0 Å². The summed E-state index contributed by atoms with van der Waals surface area (Å²) < 4.78 is 0. The topological polar surface area (TPSA) is 55.1 Å². The van der Waals surface area contributed by atoms with Crippen molar-refractivity contribution in [1.29, 1.82) is 0 Å². The van der Waals surface area contributed by atoms with Gasteiger partial charge in [-0.3, -0.25) is 4.79 Å². The first-order valence-corrected chi connectivity index (χ1v) is 7.20. The second-order valence-corrected chi connectivity index (χ2v) is 6.51. The number of fused-ring (bicyclic) bond motifs is 5. The highest BCUT2D eigenvalue weighted by molar-refractivity contribution is 5.85. The van der Waals surface area contributed by atoms with Gasteiger partial charge in [0.05, 0.1) is 0 Å². The van der Waals surface area contributed by atoms with Crippen LogP contribution in [0.4, 0.5) is 0 Å². The Balaban J connectivity index is 0.00000120. The summed E-state index contributed by atoms with van der Waals surface area (Å²) in [5.74, 6) is 3.78. The van der Waals surface area contributed by atoms with E-state index in [-0.39, 0.29) is 24.4 Å². The van der Waals surface area contributed by atoms with E-state index in [1.54, 1.807) is 0 Å². The van der Waals surface area contributed by atoms with E-state index in [0.717, 1.165) is 23.7 Å². The summed E-state index contributed by atoms with van der Waals surface area (Å²) in [6, 6.07) is 0.443. The number of carbonyl (C=O) groups is 1. The minimum atomic E-state index is -0.0205. The van der Waals surface area contributed by atoms with Gasteiger partial charge in [0.1, 0.15) is 0 Å². The van der Waals surface area contributed by atoms with Crippen LogP contribution in [0.15, 0.2) is 0 Å². The third kappa shape index (κ3) is 2.39. The molecule has 0 saturated heterocycles. The Morgan fingerprint density at radius 3 is 2.72 bits per heavy atom. The average Bonchev–Trinajstić information content (AvgIpc) is 2.83. The van der Waals surface area contributed by atoms with Crippen molar-refractivity contribution in [3.05, 3.63) is 0 Å². The molecular formula is C14H25ClN2O. The normalized spacial score (nSPS) is 42.2. The second-order valence-electron chi connectivity index (χ2n) is 6.51. The summed E-state index contributed by atoms with van der Waals surface area (Å²) in [5, 5.41) is 3.24. The van der Waals surface area contributed by atoms with Gasteiger partial charge in [0.25, 0.3) is 0 Å². The van der Waals surface area contributed by atoms with Gasteiger partial charge in [-0.2, -0.15) is 0 Å². The van der Waals surface area contributed by atoms with Gasteiger partial charge in [-0.25, -0.2) is 0 Å². The highest BCUT2D eigenvalue weighted by atomic mass is 35.5. The SMILES string of the molecule is CC(N)CC(=O)NC1CC2CC1C1CCCC21.Cl. The summed E-state index contributed by atoms with van der Waals surface area (Å²) in [7, 11) is 0. The molecule has 104 valence electrons. The molecule has 0 aromatic carbocycles. The van der Waals surface area contributed by atoms with Crippen molar-refractivity contribution in [2.75, 3.05) is 0 Å². The number of halogens is 1. The van der Waals surface area contributed by atoms with Crippen LogP contribution in [0.5, 0.6) is 0 Å². The van der Waals surface area contributed by atoms with Crippen LogP contribution < -0.4 is 11.1 Å². The first-order valence-electron chi connectivity index (χ1n) is 7.20. The summed E-state index contributed by atoms with van der Waals surface area (Å²) in [5.41, 5.74) is 5.67. The third-order valence-electron chi connectivity index (χ3n) is 5.28. The molecule has 2 bridgehead atoms. The number of nitrogens with two attached hydrogens (primary N) is 1. The zero-order chi connectivity index (χ0) is 12.0. The Hall–Kier alpha value is -0.280. The van der Waals surface area contributed by atoms with E-state index in [9.17, 15) is 4.79 Å². The molecule has 0 radical (unpaired) electrons. The Kier molecular flexibility index (Phi) is 4.22. The predicted molar refractivity (Wildman–Crippen MR) is 74.5 cm³/mol. The summed E-state index contributed by atoms with van der Waals surface area (Å²) in [4.78, 5) is 11.8. The predicted octanol–water partition coefficient (Wildman–Crippen LogP) is 2.09. The first-order chi connectivity index (χ1) is 8.15. The third-order valence-corrected chi connectivity index (χ3v) is 5.28. The quantitative estimate of drug-likeness (QED) is 0.827. The number of nitrogens with one attached hydrogen (secondary N) is 1. The van der Waals surface area contributed by atoms with E-state index < -0.39 is 0 Å². The highest BCUT2D eigenvalue weighted by Crippen LogP contribution is 2.58. The molecular weight excluding hydrogens is 248 g/mol. The van der Waals surface area contributed by atoms with Crippen molar-refractivity contribution >= 4 is 18.3 Å². The Morgan fingerprint density at radius 1 is 1.28 bits per heavy atom. The van der Waals surface area contributed by atoms with Gasteiger partial charge in [0, 0.05) is 18.5 Å². The molecule has 3 N–H and O–H groups in total. The lowest BCUT2D eigenvalue weighted by atomic mass is 9.79. The van der Waals surface area contributed by atoms with E-state index >= 15 is 0 Å². The van der Waals surface area contributed by atoms with Gasteiger partial charge in [-0.1, -0.05) is 6.42 Å². The van der Waals surface area contributed by atoms with Crippen LogP contribution in [-0.2, 0) is 4.79 Å². The molecule has 0 spiro atoms. The minimum Gasteiger partial charge on any atom is -0.353 e. The number of hydrogen-bond acceptors (Lipinski definition) is 2. The summed E-state index contributed by atoms with van der Waals surface area (Å²) in [6.45, 7) is 1.90. The lowest BCUT2D eigenvalue weighted by molar-refractivity contribution is -0.122. The van der Waals surface area contributed by atoms with Crippen molar-refractivity contribution in [2.24, 2.45) is 29.4 Å². The highest BCUT2D eigenvalue weighted by Gasteiger charge is 2.53. The van der Waals surface area contributed by atoms with E-state index in [4.69, 9.17) is 5.73 Å². The zero-order valence-corrected chi connectivity index (χ0v) is 11.9. The maximum absolute atomic E-state index is 11.8. The molecule has 3 fully saturated rings. The molecule has 4 heteroatoms. The molecule has 1 amide bonds. The van der Waals surface area contributed by atoms with Crippen LogP contribution in [0, 0.1) is 23.7 Å². The molecule has 6 atom stereocenters. The number of carbonyl (C=O) groups excluding carboxylic acids is 1. The lowest BCUT2D eigenvalue weighted by Gasteiger charge is -2.32. The van der Waals surface area contributed by atoms with Crippen molar-refractivity contribution < 1.29 is 4.79 Å². The Labute approximate surface area is 116 Å². The number of rotatable bonds is 3. The molecule has 3 aliphatic carbocycles.